The third kappa shape index (κ3) is 3.75. The standard InChI is InChI=1S/C24H21N3O8S/c1-31-16-9-13(10-17(32-2)22(16)33-3)19-18(21(29)23(30)27(19)24-26-25-11-36-24)20(28)12-4-5-14-15(8-12)35-7-6-34-14/h4-5,8-11,19,28H,6-7H2,1-3H3/b20-18+. The van der Waals surface area contributed by atoms with Gasteiger partial charge in [0, 0.05) is 5.56 Å². The molecule has 3 aromatic rings. The maximum atomic E-state index is 13.3. The molecule has 11 nitrogen and oxygen atoms in total. The second-order valence-corrected chi connectivity index (χ2v) is 8.52. The Morgan fingerprint density at radius 1 is 1.03 bits per heavy atom. The van der Waals surface area contributed by atoms with Crippen molar-refractivity contribution in [3.8, 4) is 28.7 Å². The van der Waals surface area contributed by atoms with Gasteiger partial charge in [-0.1, -0.05) is 11.3 Å². The molecule has 12 heteroatoms. The van der Waals surface area contributed by atoms with E-state index in [-0.39, 0.29) is 22.0 Å². The number of anilines is 1. The van der Waals surface area contributed by atoms with E-state index in [1.54, 1.807) is 30.3 Å². The van der Waals surface area contributed by atoms with Gasteiger partial charge in [-0.15, -0.1) is 10.2 Å². The van der Waals surface area contributed by atoms with Crippen LogP contribution in [0.25, 0.3) is 5.76 Å². The normalized spacial score (nSPS) is 18.3. The van der Waals surface area contributed by atoms with Crippen LogP contribution < -0.4 is 28.6 Å². The number of ether oxygens (including phenoxy) is 5. The molecule has 2 aliphatic rings. The summed E-state index contributed by atoms with van der Waals surface area (Å²) in [5.74, 6) is -0.204. The van der Waals surface area contributed by atoms with E-state index >= 15 is 0 Å². The van der Waals surface area contributed by atoms with Crippen LogP contribution in [-0.2, 0) is 9.59 Å². The van der Waals surface area contributed by atoms with Crippen LogP contribution in [0.3, 0.4) is 0 Å². The predicted molar refractivity (Wildman–Crippen MR) is 128 cm³/mol. The van der Waals surface area contributed by atoms with Gasteiger partial charge in [-0.3, -0.25) is 14.5 Å². The van der Waals surface area contributed by atoms with Crippen molar-refractivity contribution in [3.63, 3.8) is 0 Å². The van der Waals surface area contributed by atoms with E-state index in [1.807, 2.05) is 0 Å². The number of Topliss-reactive ketones (excluding diaryl/α,β-unsaturated/α-hetero) is 1. The quantitative estimate of drug-likeness (QED) is 0.299. The first-order valence-electron chi connectivity index (χ1n) is 10.8. The number of hydrogen-bond acceptors (Lipinski definition) is 11. The zero-order chi connectivity index (χ0) is 25.4. The van der Waals surface area contributed by atoms with Crippen LogP contribution >= 0.6 is 11.3 Å². The summed E-state index contributed by atoms with van der Waals surface area (Å²) in [4.78, 5) is 27.8. The summed E-state index contributed by atoms with van der Waals surface area (Å²) in [5.41, 5.74) is 2.02. The number of ketones is 1. The first-order chi connectivity index (χ1) is 17.5. The number of hydrogen-bond donors (Lipinski definition) is 1. The van der Waals surface area contributed by atoms with Gasteiger partial charge in [-0.25, -0.2) is 0 Å². The van der Waals surface area contributed by atoms with Gasteiger partial charge < -0.3 is 28.8 Å². The van der Waals surface area contributed by atoms with Crippen molar-refractivity contribution in [2.75, 3.05) is 39.4 Å². The van der Waals surface area contributed by atoms with E-state index in [9.17, 15) is 14.7 Å². The zero-order valence-electron chi connectivity index (χ0n) is 19.5. The predicted octanol–water partition coefficient (Wildman–Crippen LogP) is 2.96. The van der Waals surface area contributed by atoms with Crippen molar-refractivity contribution >= 4 is 33.9 Å². The van der Waals surface area contributed by atoms with Gasteiger partial charge in [0.25, 0.3) is 5.78 Å². The SMILES string of the molecule is COc1cc(C2/C(=C(\O)c3ccc4c(c3)OCCO4)C(=O)C(=O)N2c2nncs2)cc(OC)c1OC. The number of amides is 1. The lowest BCUT2D eigenvalue weighted by Gasteiger charge is -2.24. The lowest BCUT2D eigenvalue weighted by Crippen LogP contribution is -2.29. The molecule has 1 amide bonds. The fourth-order valence-corrected chi connectivity index (χ4v) is 4.81. The Morgan fingerprint density at radius 2 is 1.72 bits per heavy atom. The topological polar surface area (TPSA) is 130 Å². The molecule has 2 aromatic carbocycles. The average Bonchev–Trinajstić information content (AvgIpc) is 3.53. The van der Waals surface area contributed by atoms with Crippen molar-refractivity contribution < 1.29 is 38.4 Å². The van der Waals surface area contributed by atoms with E-state index in [1.165, 1.54) is 31.7 Å². The van der Waals surface area contributed by atoms with E-state index in [2.05, 4.69) is 10.2 Å². The van der Waals surface area contributed by atoms with Crippen LogP contribution in [0, 0.1) is 0 Å². The molecule has 0 bridgehead atoms. The fraction of sp³-hybridized carbons (Fsp3) is 0.250. The molecular weight excluding hydrogens is 490 g/mol. The van der Waals surface area contributed by atoms with E-state index in [4.69, 9.17) is 23.7 Å². The Bertz CT molecular complexity index is 1350. The molecule has 5 rings (SSSR count). The van der Waals surface area contributed by atoms with E-state index in [0.717, 1.165) is 11.3 Å². The van der Waals surface area contributed by atoms with Crippen LogP contribution in [0.5, 0.6) is 28.7 Å². The van der Waals surface area contributed by atoms with Crippen LogP contribution in [0.1, 0.15) is 17.2 Å². The van der Waals surface area contributed by atoms with Crippen molar-refractivity contribution in [1.82, 2.24) is 10.2 Å². The summed E-state index contributed by atoms with van der Waals surface area (Å²) < 4.78 is 27.5. The molecule has 1 saturated heterocycles. The Morgan fingerprint density at radius 3 is 2.33 bits per heavy atom. The molecule has 0 spiro atoms. The number of benzene rings is 2. The number of methoxy groups -OCH3 is 3. The number of aliphatic hydroxyl groups is 1. The highest BCUT2D eigenvalue weighted by molar-refractivity contribution is 7.13. The summed E-state index contributed by atoms with van der Waals surface area (Å²) in [5, 5.41) is 19.4. The lowest BCUT2D eigenvalue weighted by molar-refractivity contribution is -0.132. The van der Waals surface area contributed by atoms with Gasteiger partial charge in [0.1, 0.15) is 24.5 Å². The molecule has 0 saturated carbocycles. The second kappa shape index (κ2) is 9.38. The minimum absolute atomic E-state index is 0.138. The zero-order valence-corrected chi connectivity index (χ0v) is 20.3. The van der Waals surface area contributed by atoms with Gasteiger partial charge in [0.05, 0.1) is 32.9 Å². The van der Waals surface area contributed by atoms with Crippen LogP contribution in [0.4, 0.5) is 5.13 Å². The van der Waals surface area contributed by atoms with Gasteiger partial charge in [-0.05, 0) is 35.9 Å². The maximum absolute atomic E-state index is 13.3. The Kier molecular flexibility index (Phi) is 6.10. The maximum Gasteiger partial charge on any atom is 0.301 e. The molecule has 2 aliphatic heterocycles. The molecule has 1 aromatic heterocycles. The summed E-state index contributed by atoms with van der Waals surface area (Å²) in [6.45, 7) is 0.760. The van der Waals surface area contributed by atoms with Crippen LogP contribution in [-0.4, -0.2) is 61.5 Å². The Balaban J connectivity index is 1.73. The summed E-state index contributed by atoms with van der Waals surface area (Å²) >= 11 is 1.08. The Labute approximate surface area is 209 Å². The smallest absolute Gasteiger partial charge is 0.301 e. The number of aromatic nitrogens is 2. The molecule has 1 fully saturated rings. The number of nitrogens with zero attached hydrogens (tertiary/aromatic N) is 3. The first-order valence-corrected chi connectivity index (χ1v) is 11.6. The summed E-state index contributed by atoms with van der Waals surface area (Å²) in [6, 6.07) is 6.96. The van der Waals surface area contributed by atoms with Crippen molar-refractivity contribution in [1.29, 1.82) is 0 Å². The van der Waals surface area contributed by atoms with Crippen molar-refractivity contribution in [2.24, 2.45) is 0 Å². The number of fused-ring (bicyclic) bond motifs is 1. The summed E-state index contributed by atoms with van der Waals surface area (Å²) in [7, 11) is 4.38. The molecule has 1 unspecified atom stereocenters. The highest BCUT2D eigenvalue weighted by Gasteiger charge is 2.48. The Hall–Kier alpha value is -4.32. The third-order valence-corrected chi connectivity index (χ3v) is 6.51. The monoisotopic (exact) mass is 511 g/mol. The van der Waals surface area contributed by atoms with E-state index in [0.29, 0.717) is 47.5 Å². The number of carbonyl (C=O) groups excluding carboxylic acids is 2. The molecule has 36 heavy (non-hydrogen) atoms. The minimum Gasteiger partial charge on any atom is -0.507 e. The highest BCUT2D eigenvalue weighted by atomic mass is 32.1. The molecule has 3 heterocycles. The van der Waals surface area contributed by atoms with Crippen molar-refractivity contribution in [2.45, 2.75) is 6.04 Å². The minimum atomic E-state index is -1.06. The largest absolute Gasteiger partial charge is 0.507 e. The highest BCUT2D eigenvalue weighted by Crippen LogP contribution is 2.47. The number of rotatable bonds is 6. The van der Waals surface area contributed by atoms with Crippen LogP contribution in [0.15, 0.2) is 41.4 Å². The molecule has 1 N–H and O–H groups in total. The van der Waals surface area contributed by atoms with Gasteiger partial charge in [0.15, 0.2) is 23.0 Å². The van der Waals surface area contributed by atoms with Crippen molar-refractivity contribution in [3.05, 3.63) is 52.5 Å². The fourth-order valence-electron chi connectivity index (χ4n) is 4.22. The molecule has 0 aliphatic carbocycles. The lowest BCUT2D eigenvalue weighted by atomic mass is 9.94. The first kappa shape index (κ1) is 23.4. The van der Waals surface area contributed by atoms with E-state index < -0.39 is 17.7 Å². The van der Waals surface area contributed by atoms with Crippen LogP contribution in [0.2, 0.25) is 0 Å². The van der Waals surface area contributed by atoms with Gasteiger partial charge in [-0.2, -0.15) is 0 Å². The number of carbonyl (C=O) groups is 2. The molecule has 0 radical (unpaired) electrons. The second-order valence-electron chi connectivity index (χ2n) is 7.71. The average molecular weight is 512 g/mol. The molecule has 186 valence electrons. The van der Waals surface area contributed by atoms with Gasteiger partial charge in [0.2, 0.25) is 10.9 Å². The van der Waals surface area contributed by atoms with Gasteiger partial charge >= 0.3 is 5.91 Å². The molecular formula is C24H21N3O8S. The number of aliphatic hydroxyl groups excluding tert-OH is 1. The summed E-state index contributed by atoms with van der Waals surface area (Å²) in [6.07, 6.45) is 0. The third-order valence-electron chi connectivity index (χ3n) is 5.82. The molecule has 1 atom stereocenters.